The minimum atomic E-state index is -0.653. The van der Waals surface area contributed by atoms with Crippen LogP contribution in [0.2, 0.25) is 0 Å². The minimum Gasteiger partial charge on any atom is -0.458 e. The molecule has 4 saturated carbocycles. The van der Waals surface area contributed by atoms with E-state index in [1.165, 1.54) is 6.42 Å². The highest BCUT2D eigenvalue weighted by atomic mass is 16.7. The SMILES string of the molecule is CN[C@H]1[C@@H](OC)C[C@H](O[C@H]2CC[C@]3(C)C4CC[C@]5(C)[C@@H](C6=CC(=O)OC6)CC[C@]5(O)C4CC[C@@H]3C2)O[C@@H]1C. The van der Waals surface area contributed by atoms with Crippen molar-refractivity contribution in [3.8, 4) is 0 Å². The summed E-state index contributed by atoms with van der Waals surface area (Å²) in [5.74, 6) is 1.56. The Kier molecular flexibility index (Phi) is 7.03. The molecule has 0 aromatic heterocycles. The summed E-state index contributed by atoms with van der Waals surface area (Å²) in [6.45, 7) is 7.34. The van der Waals surface area contributed by atoms with E-state index in [9.17, 15) is 9.90 Å². The van der Waals surface area contributed by atoms with Crippen molar-refractivity contribution in [3.05, 3.63) is 11.6 Å². The van der Waals surface area contributed by atoms with E-state index in [2.05, 4.69) is 26.1 Å². The zero-order valence-electron chi connectivity index (χ0n) is 24.0. The van der Waals surface area contributed by atoms with Gasteiger partial charge in [0.2, 0.25) is 0 Å². The molecule has 0 amide bonds. The van der Waals surface area contributed by atoms with Crippen LogP contribution in [-0.4, -0.2) is 68.1 Å². The molecule has 4 aliphatic carbocycles. The predicted octanol–water partition coefficient (Wildman–Crippen LogP) is 4.37. The van der Waals surface area contributed by atoms with Crippen LogP contribution < -0.4 is 5.32 Å². The number of fused-ring (bicyclic) bond motifs is 5. The first-order chi connectivity index (χ1) is 18.1. The Morgan fingerprint density at radius 2 is 1.87 bits per heavy atom. The molecule has 2 N–H and O–H groups in total. The minimum absolute atomic E-state index is 0.0465. The largest absolute Gasteiger partial charge is 0.458 e. The van der Waals surface area contributed by atoms with Gasteiger partial charge in [0.1, 0.15) is 6.61 Å². The lowest BCUT2D eigenvalue weighted by Crippen LogP contribution is -2.62. The van der Waals surface area contributed by atoms with Gasteiger partial charge in [0, 0.05) is 25.0 Å². The van der Waals surface area contributed by atoms with E-state index < -0.39 is 5.60 Å². The van der Waals surface area contributed by atoms with Crippen LogP contribution in [-0.2, 0) is 23.7 Å². The second-order valence-electron chi connectivity index (χ2n) is 13.9. The summed E-state index contributed by atoms with van der Waals surface area (Å²) in [7, 11) is 3.75. The average Bonchev–Trinajstić information content (AvgIpc) is 3.43. The number of carbonyl (C=O) groups excluding carboxylic acids is 1. The molecule has 6 aliphatic rings. The summed E-state index contributed by atoms with van der Waals surface area (Å²) in [5.41, 5.74) is 0.534. The van der Waals surface area contributed by atoms with Crippen molar-refractivity contribution in [2.45, 2.75) is 121 Å². The lowest BCUT2D eigenvalue weighted by Gasteiger charge is -2.64. The van der Waals surface area contributed by atoms with Crippen LogP contribution in [0.4, 0.5) is 0 Å². The normalized spacial score (nSPS) is 52.5. The Morgan fingerprint density at radius 1 is 1.05 bits per heavy atom. The number of aliphatic hydroxyl groups is 1. The molecule has 7 nitrogen and oxygen atoms in total. The molecule has 0 spiro atoms. The van der Waals surface area contributed by atoms with Crippen LogP contribution in [0.5, 0.6) is 0 Å². The smallest absolute Gasteiger partial charge is 0.331 e. The van der Waals surface area contributed by atoms with Crippen molar-refractivity contribution >= 4 is 5.97 Å². The van der Waals surface area contributed by atoms with Gasteiger partial charge in [-0.15, -0.1) is 0 Å². The van der Waals surface area contributed by atoms with E-state index in [-0.39, 0.29) is 53.4 Å². The molecule has 0 aromatic carbocycles. The predicted molar refractivity (Wildman–Crippen MR) is 143 cm³/mol. The van der Waals surface area contributed by atoms with Gasteiger partial charge in [-0.3, -0.25) is 0 Å². The number of hydrogen-bond acceptors (Lipinski definition) is 7. The molecule has 0 aromatic rings. The van der Waals surface area contributed by atoms with E-state index >= 15 is 0 Å². The Balaban J connectivity index is 1.14. The van der Waals surface area contributed by atoms with E-state index in [1.54, 1.807) is 13.2 Å². The van der Waals surface area contributed by atoms with Gasteiger partial charge in [-0.25, -0.2) is 4.79 Å². The highest BCUT2D eigenvalue weighted by molar-refractivity contribution is 5.85. The molecule has 38 heavy (non-hydrogen) atoms. The highest BCUT2D eigenvalue weighted by Gasteiger charge is 2.67. The summed E-state index contributed by atoms with van der Waals surface area (Å²) in [4.78, 5) is 11.8. The molecule has 2 aliphatic heterocycles. The fourth-order valence-electron chi connectivity index (χ4n) is 10.5. The second-order valence-corrected chi connectivity index (χ2v) is 13.9. The van der Waals surface area contributed by atoms with Crippen molar-refractivity contribution < 1.29 is 28.8 Å². The van der Waals surface area contributed by atoms with Gasteiger partial charge < -0.3 is 29.4 Å². The van der Waals surface area contributed by atoms with Crippen LogP contribution in [0.3, 0.4) is 0 Å². The molecule has 6 rings (SSSR count). The van der Waals surface area contributed by atoms with Gasteiger partial charge in [0.15, 0.2) is 6.29 Å². The first kappa shape index (κ1) is 27.2. The fraction of sp³-hybridized carbons (Fsp3) is 0.903. The average molecular weight is 532 g/mol. The maximum absolute atomic E-state index is 12.4. The lowest BCUT2D eigenvalue weighted by atomic mass is 9.43. The zero-order chi connectivity index (χ0) is 26.9. The number of carbonyl (C=O) groups is 1. The Bertz CT molecular complexity index is 955. The summed E-state index contributed by atoms with van der Waals surface area (Å²) in [6, 6.07) is 0.181. The molecule has 2 unspecified atom stereocenters. The number of rotatable bonds is 5. The van der Waals surface area contributed by atoms with Crippen molar-refractivity contribution in [2.75, 3.05) is 20.8 Å². The zero-order valence-corrected chi connectivity index (χ0v) is 24.0. The third kappa shape index (κ3) is 4.05. The van der Waals surface area contributed by atoms with Gasteiger partial charge in [-0.1, -0.05) is 13.8 Å². The Hall–Kier alpha value is -0.990. The number of ether oxygens (including phenoxy) is 4. The van der Waals surface area contributed by atoms with Crippen molar-refractivity contribution in [1.82, 2.24) is 5.32 Å². The monoisotopic (exact) mass is 531 g/mol. The summed E-state index contributed by atoms with van der Waals surface area (Å²) >= 11 is 0. The second kappa shape index (κ2) is 9.83. The van der Waals surface area contributed by atoms with Gasteiger partial charge in [0.05, 0.1) is 30.0 Å². The van der Waals surface area contributed by atoms with Crippen molar-refractivity contribution in [1.29, 1.82) is 0 Å². The lowest BCUT2D eigenvalue weighted by molar-refractivity contribution is -0.256. The van der Waals surface area contributed by atoms with E-state index in [4.69, 9.17) is 18.9 Å². The molecule has 214 valence electrons. The van der Waals surface area contributed by atoms with E-state index in [0.29, 0.717) is 24.4 Å². The summed E-state index contributed by atoms with van der Waals surface area (Å²) < 4.78 is 23.9. The van der Waals surface area contributed by atoms with Gasteiger partial charge in [-0.2, -0.15) is 0 Å². The van der Waals surface area contributed by atoms with Gasteiger partial charge in [0.25, 0.3) is 0 Å². The van der Waals surface area contributed by atoms with Gasteiger partial charge in [-0.05, 0) is 106 Å². The molecule has 12 atom stereocenters. The quantitative estimate of drug-likeness (QED) is 0.403. The molecule has 5 fully saturated rings. The Labute approximate surface area is 228 Å². The third-order valence-corrected chi connectivity index (χ3v) is 12.6. The number of cyclic esters (lactones) is 1. The maximum atomic E-state index is 12.4. The number of likely N-dealkylation sites (N-methyl/N-ethyl adjacent to an activating group) is 1. The number of methoxy groups -OCH3 is 1. The molecular formula is C31H49NO6. The fourth-order valence-corrected chi connectivity index (χ4v) is 10.5. The van der Waals surface area contributed by atoms with Crippen LogP contribution in [0, 0.1) is 34.5 Å². The third-order valence-electron chi connectivity index (χ3n) is 12.6. The van der Waals surface area contributed by atoms with Gasteiger partial charge >= 0.3 is 5.97 Å². The van der Waals surface area contributed by atoms with Crippen LogP contribution in [0.1, 0.15) is 85.0 Å². The molecule has 0 radical (unpaired) electrons. The van der Waals surface area contributed by atoms with E-state index in [0.717, 1.165) is 63.4 Å². The van der Waals surface area contributed by atoms with Crippen molar-refractivity contribution in [2.24, 2.45) is 34.5 Å². The highest BCUT2D eigenvalue weighted by Crippen LogP contribution is 2.70. The molecule has 0 bridgehead atoms. The number of esters is 1. The van der Waals surface area contributed by atoms with Crippen LogP contribution in [0.15, 0.2) is 11.6 Å². The number of hydrogen-bond donors (Lipinski definition) is 2. The molecular weight excluding hydrogens is 482 g/mol. The first-order valence-electron chi connectivity index (χ1n) is 15.2. The molecule has 1 saturated heterocycles. The maximum Gasteiger partial charge on any atom is 0.331 e. The molecule has 2 heterocycles. The summed E-state index contributed by atoms with van der Waals surface area (Å²) in [5, 5.41) is 15.8. The van der Waals surface area contributed by atoms with Crippen LogP contribution in [0.25, 0.3) is 0 Å². The topological polar surface area (TPSA) is 86.3 Å². The van der Waals surface area contributed by atoms with Crippen LogP contribution >= 0.6 is 0 Å². The Morgan fingerprint density at radius 3 is 2.58 bits per heavy atom. The van der Waals surface area contributed by atoms with E-state index in [1.807, 2.05) is 7.05 Å². The molecule has 7 heteroatoms. The summed E-state index contributed by atoms with van der Waals surface area (Å²) in [6.07, 6.45) is 12.2. The number of nitrogens with one attached hydrogen (secondary N) is 1. The standard InChI is InChI=1S/C31H49NO6/c1-18-28(32-4)25(35-5)16-27(37-18)38-21-8-11-29(2)20(15-21)6-7-24-23(29)9-12-30(3)22(10-13-31(24,30)34)19-14-26(33)36-17-19/h14,18,20-25,27-28,32,34H,6-13,15-17H2,1-5H3/t18-,20-,21+,22-,23?,24?,25+,27+,28-,29+,30-,31+/m1/s1. The first-order valence-corrected chi connectivity index (χ1v) is 15.2. The van der Waals surface area contributed by atoms with Crippen molar-refractivity contribution in [3.63, 3.8) is 0 Å².